The van der Waals surface area contributed by atoms with Crippen molar-refractivity contribution in [3.63, 3.8) is 0 Å². The van der Waals surface area contributed by atoms with Gasteiger partial charge in [0.1, 0.15) is 24.7 Å². The maximum Gasteiger partial charge on any atom is 0.131 e. The molecule has 2 aromatic rings. The molecule has 2 rings (SSSR count). The molecule has 39 heavy (non-hydrogen) atoms. The highest BCUT2D eigenvalue weighted by atomic mass is 31.1. The molecule has 5 heteroatoms. The molecule has 0 aliphatic rings. The summed E-state index contributed by atoms with van der Waals surface area (Å²) in [6.07, 6.45) is 3.47. The van der Waals surface area contributed by atoms with E-state index in [1.807, 2.05) is 0 Å². The molecule has 220 valence electrons. The highest BCUT2D eigenvalue weighted by Gasteiger charge is 2.31. The molecule has 0 saturated carbocycles. The Bertz CT molecular complexity index is 983. The Morgan fingerprint density at radius 2 is 1.05 bits per heavy atom. The molecular weight excluding hydrogens is 499 g/mol. The van der Waals surface area contributed by atoms with Crippen LogP contribution in [-0.2, 0) is 10.8 Å². The average Bonchev–Trinajstić information content (AvgIpc) is 2.79. The van der Waals surface area contributed by atoms with Gasteiger partial charge in [-0.1, -0.05) is 67.0 Å². The second-order valence-electron chi connectivity index (χ2n) is 13.6. The molecule has 0 heterocycles. The van der Waals surface area contributed by atoms with Crippen LogP contribution in [0.3, 0.4) is 0 Å². The average molecular weight is 557 g/mol. The molecule has 4 nitrogen and oxygen atoms in total. The van der Waals surface area contributed by atoms with Crippen LogP contribution < -0.4 is 20.1 Å². The quantitative estimate of drug-likeness (QED) is 0.248. The maximum absolute atomic E-state index is 6.75. The van der Waals surface area contributed by atoms with E-state index in [4.69, 9.17) is 9.47 Å². The number of likely N-dealkylation sites (N-methyl/N-ethyl adjacent to an activating group) is 2. The summed E-state index contributed by atoms with van der Waals surface area (Å²) < 4.78 is 13.5. The van der Waals surface area contributed by atoms with Crippen molar-refractivity contribution in [2.75, 3.05) is 60.7 Å². The normalized spacial score (nSPS) is 12.6. The number of ether oxygens (including phenoxy) is 2. The molecule has 0 N–H and O–H groups in total. The van der Waals surface area contributed by atoms with E-state index in [0.717, 1.165) is 30.8 Å². The number of benzene rings is 2. The van der Waals surface area contributed by atoms with Crippen molar-refractivity contribution < 1.29 is 9.47 Å². The molecule has 2 aromatic carbocycles. The molecule has 0 aliphatic heterocycles. The minimum Gasteiger partial charge on any atom is -0.491 e. The van der Waals surface area contributed by atoms with Crippen molar-refractivity contribution in [3.8, 4) is 11.5 Å². The van der Waals surface area contributed by atoms with Gasteiger partial charge in [0.25, 0.3) is 0 Å². The summed E-state index contributed by atoms with van der Waals surface area (Å²) in [4.78, 5) is 4.38. The Morgan fingerprint density at radius 3 is 1.36 bits per heavy atom. The molecule has 0 unspecified atom stereocenters. The van der Waals surface area contributed by atoms with Gasteiger partial charge in [0.2, 0.25) is 0 Å². The van der Waals surface area contributed by atoms with E-state index in [9.17, 15) is 0 Å². The fraction of sp³-hybridized carbons (Fsp3) is 0.647. The van der Waals surface area contributed by atoms with Gasteiger partial charge in [-0.3, -0.25) is 0 Å². The third-order valence-electron chi connectivity index (χ3n) is 6.93. The van der Waals surface area contributed by atoms with Crippen LogP contribution in [0.1, 0.15) is 83.6 Å². The van der Waals surface area contributed by atoms with Gasteiger partial charge >= 0.3 is 0 Å². The van der Waals surface area contributed by atoms with Gasteiger partial charge in [-0.05, 0) is 96.6 Å². The van der Waals surface area contributed by atoms with E-state index in [1.165, 1.54) is 45.7 Å². The van der Waals surface area contributed by atoms with Crippen molar-refractivity contribution in [1.82, 2.24) is 9.80 Å². The largest absolute Gasteiger partial charge is 0.491 e. The van der Waals surface area contributed by atoms with Crippen molar-refractivity contribution in [3.05, 3.63) is 46.5 Å². The third-order valence-corrected chi connectivity index (χ3v) is 9.52. The highest BCUT2D eigenvalue weighted by Crippen LogP contribution is 2.47. The van der Waals surface area contributed by atoms with Crippen LogP contribution in [-0.4, -0.2) is 70.5 Å². The number of nitrogens with zero attached hydrogens (tertiary/aromatic N) is 2. The first-order valence-electron chi connectivity index (χ1n) is 14.7. The zero-order chi connectivity index (χ0) is 29.5. The summed E-state index contributed by atoms with van der Waals surface area (Å²) in [5.41, 5.74) is 5.18. The minimum atomic E-state index is -0.698. The summed E-state index contributed by atoms with van der Waals surface area (Å²) in [7, 11) is 7.73. The van der Waals surface area contributed by atoms with E-state index < -0.39 is 7.92 Å². The summed E-state index contributed by atoms with van der Waals surface area (Å²) in [6.45, 7) is 23.7. The van der Waals surface area contributed by atoms with Crippen molar-refractivity contribution in [2.45, 2.75) is 86.0 Å². The Balaban J connectivity index is 2.87. The van der Waals surface area contributed by atoms with Gasteiger partial charge in [-0.25, -0.2) is 0 Å². The first kappa shape index (κ1) is 33.6. The second-order valence-corrected chi connectivity index (χ2v) is 15.9. The third kappa shape index (κ3) is 9.76. The van der Waals surface area contributed by atoms with Crippen LogP contribution in [0.2, 0.25) is 0 Å². The predicted octanol–water partition coefficient (Wildman–Crippen LogP) is 7.01. The fourth-order valence-corrected chi connectivity index (χ4v) is 7.63. The van der Waals surface area contributed by atoms with Gasteiger partial charge in [0.15, 0.2) is 0 Å². The molecule has 0 amide bonds. The van der Waals surface area contributed by atoms with Crippen LogP contribution in [0.4, 0.5) is 0 Å². The molecule has 0 fully saturated rings. The van der Waals surface area contributed by atoms with Crippen LogP contribution in [0.25, 0.3) is 0 Å². The molecule has 0 aromatic heterocycles. The van der Waals surface area contributed by atoms with Crippen molar-refractivity contribution in [1.29, 1.82) is 0 Å². The van der Waals surface area contributed by atoms with E-state index in [1.54, 1.807) is 0 Å². The summed E-state index contributed by atoms with van der Waals surface area (Å²) in [6, 6.07) is 9.49. The zero-order valence-corrected chi connectivity index (χ0v) is 28.3. The molecular formula is C34H57N2O2P. The summed E-state index contributed by atoms with van der Waals surface area (Å²) in [5, 5.41) is 2.73. The minimum absolute atomic E-state index is 0.0196. The number of hydrogen-bond acceptors (Lipinski definition) is 4. The van der Waals surface area contributed by atoms with Gasteiger partial charge < -0.3 is 19.3 Å². The van der Waals surface area contributed by atoms with Crippen LogP contribution in [0, 0.1) is 13.8 Å². The van der Waals surface area contributed by atoms with Crippen molar-refractivity contribution in [2.24, 2.45) is 0 Å². The molecule has 0 radical (unpaired) electrons. The number of aryl methyl sites for hydroxylation is 2. The van der Waals surface area contributed by atoms with Crippen LogP contribution >= 0.6 is 7.92 Å². The number of unbranched alkanes of at least 4 members (excludes halogenated alkanes) is 1. The summed E-state index contributed by atoms with van der Waals surface area (Å²) >= 11 is 0. The lowest BCUT2D eigenvalue weighted by atomic mass is 9.85. The van der Waals surface area contributed by atoms with Gasteiger partial charge in [0.05, 0.1) is 0 Å². The lowest BCUT2D eigenvalue weighted by Gasteiger charge is -2.32. The fourth-order valence-electron chi connectivity index (χ4n) is 4.67. The first-order valence-corrected chi connectivity index (χ1v) is 16.2. The predicted molar refractivity (Wildman–Crippen MR) is 174 cm³/mol. The highest BCUT2D eigenvalue weighted by molar-refractivity contribution is 7.73. The first-order chi connectivity index (χ1) is 18.1. The maximum atomic E-state index is 6.75. The van der Waals surface area contributed by atoms with E-state index >= 15 is 0 Å². The lowest BCUT2D eigenvalue weighted by molar-refractivity contribution is 0.258. The Kier molecular flexibility index (Phi) is 12.3. The standard InChI is InChI=1S/C34H57N2O2P/c1-14-15-20-39(29-23-25(2)21-27(33(4,5)6)31(29)37-18-16-35(10)11)30-24-26(3)22-28(34(7,8)9)32(30)38-19-17-36(12)13/h21-24H,14-20H2,1-13H3. The van der Waals surface area contributed by atoms with E-state index in [0.29, 0.717) is 13.2 Å². The smallest absolute Gasteiger partial charge is 0.131 e. The molecule has 0 spiro atoms. The Labute approximate surface area is 242 Å². The van der Waals surface area contributed by atoms with E-state index in [-0.39, 0.29) is 10.8 Å². The van der Waals surface area contributed by atoms with Gasteiger partial charge in [-0.15, -0.1) is 0 Å². The second kappa shape index (κ2) is 14.3. The molecule has 0 bridgehead atoms. The van der Waals surface area contributed by atoms with Crippen molar-refractivity contribution >= 4 is 18.5 Å². The Morgan fingerprint density at radius 1 is 0.667 bits per heavy atom. The SMILES string of the molecule is CCCCP(c1cc(C)cc(C(C)(C)C)c1OCCN(C)C)c1cc(C)cc(C(C)(C)C)c1OCCN(C)C. The monoisotopic (exact) mass is 556 g/mol. The lowest BCUT2D eigenvalue weighted by Crippen LogP contribution is -2.28. The molecule has 0 atom stereocenters. The topological polar surface area (TPSA) is 24.9 Å². The molecule has 0 saturated heterocycles. The van der Waals surface area contributed by atoms with Gasteiger partial charge in [0, 0.05) is 34.8 Å². The van der Waals surface area contributed by atoms with Crippen LogP contribution in [0.15, 0.2) is 24.3 Å². The summed E-state index contributed by atoms with van der Waals surface area (Å²) in [5.74, 6) is 2.19. The van der Waals surface area contributed by atoms with E-state index in [2.05, 4.69) is 125 Å². The molecule has 0 aliphatic carbocycles. The Hall–Kier alpha value is -1.61. The zero-order valence-electron chi connectivity index (χ0n) is 27.4. The number of rotatable bonds is 13. The van der Waals surface area contributed by atoms with Gasteiger partial charge in [-0.2, -0.15) is 0 Å². The number of hydrogen-bond donors (Lipinski definition) is 0. The van der Waals surface area contributed by atoms with Crippen LogP contribution in [0.5, 0.6) is 11.5 Å².